The number of nitrogens with zero attached hydrogens (tertiary/aromatic N) is 1. The van der Waals surface area contributed by atoms with Crippen LogP contribution in [-0.4, -0.2) is 17.6 Å². The highest BCUT2D eigenvalue weighted by Crippen LogP contribution is 2.44. The molecule has 2 nitrogen and oxygen atoms in total. The Balaban J connectivity index is 2.09. The molecule has 1 heterocycles. The Morgan fingerprint density at radius 1 is 1.42 bits per heavy atom. The molecule has 0 amide bonds. The molecule has 0 radical (unpaired) electrons. The van der Waals surface area contributed by atoms with Crippen LogP contribution in [-0.2, 0) is 6.42 Å². The van der Waals surface area contributed by atoms with E-state index in [0.29, 0.717) is 11.5 Å². The normalized spacial score (nSPS) is 23.5. The highest BCUT2D eigenvalue weighted by Gasteiger charge is 2.39. The Bertz CT molecular complexity index is 394. The number of hydrogen-bond acceptors (Lipinski definition) is 2. The molecule has 19 heavy (non-hydrogen) atoms. The highest BCUT2D eigenvalue weighted by molar-refractivity contribution is 5.13. The number of nitrogens with one attached hydrogen (secondary N) is 1. The minimum Gasteiger partial charge on any atom is -0.314 e. The van der Waals surface area contributed by atoms with Gasteiger partial charge in [-0.15, -0.1) is 0 Å². The molecule has 1 aliphatic rings. The fourth-order valence-corrected chi connectivity index (χ4v) is 3.56. The first-order chi connectivity index (χ1) is 9.03. The van der Waals surface area contributed by atoms with E-state index in [1.54, 1.807) is 0 Å². The van der Waals surface area contributed by atoms with Gasteiger partial charge < -0.3 is 5.32 Å². The van der Waals surface area contributed by atoms with Gasteiger partial charge in [0.25, 0.3) is 0 Å². The first-order valence-electron chi connectivity index (χ1n) is 7.68. The van der Waals surface area contributed by atoms with Gasteiger partial charge in [0, 0.05) is 24.4 Å². The molecule has 0 bridgehead atoms. The Morgan fingerprint density at radius 2 is 2.21 bits per heavy atom. The van der Waals surface area contributed by atoms with Crippen molar-refractivity contribution < 1.29 is 0 Å². The summed E-state index contributed by atoms with van der Waals surface area (Å²) in [6.45, 7) is 10.2. The Morgan fingerprint density at radius 3 is 2.74 bits per heavy atom. The van der Waals surface area contributed by atoms with Crippen molar-refractivity contribution in [2.45, 2.75) is 59.4 Å². The highest BCUT2D eigenvalue weighted by atomic mass is 14.9. The van der Waals surface area contributed by atoms with Gasteiger partial charge in [0.15, 0.2) is 0 Å². The molecular formula is C17H28N2. The fraction of sp³-hybridized carbons (Fsp3) is 0.706. The van der Waals surface area contributed by atoms with E-state index in [-0.39, 0.29) is 0 Å². The number of hydrogen-bond donors (Lipinski definition) is 1. The van der Waals surface area contributed by atoms with Crippen molar-refractivity contribution in [2.24, 2.45) is 11.3 Å². The first kappa shape index (κ1) is 14.5. The Labute approximate surface area is 118 Å². The Kier molecular flexibility index (Phi) is 4.62. The summed E-state index contributed by atoms with van der Waals surface area (Å²) in [7, 11) is 0. The number of pyridine rings is 1. The van der Waals surface area contributed by atoms with Crippen LogP contribution in [0.4, 0.5) is 0 Å². The van der Waals surface area contributed by atoms with Crippen molar-refractivity contribution >= 4 is 0 Å². The van der Waals surface area contributed by atoms with Crippen LogP contribution >= 0.6 is 0 Å². The lowest BCUT2D eigenvalue weighted by Gasteiger charge is -2.34. The van der Waals surface area contributed by atoms with Crippen LogP contribution in [0.1, 0.15) is 51.3 Å². The van der Waals surface area contributed by atoms with E-state index in [1.165, 1.54) is 30.5 Å². The molecule has 0 aliphatic heterocycles. The monoisotopic (exact) mass is 260 g/mol. The zero-order chi connectivity index (χ0) is 13.9. The van der Waals surface area contributed by atoms with Gasteiger partial charge in [-0.3, -0.25) is 4.98 Å². The molecule has 2 heteroatoms. The summed E-state index contributed by atoms with van der Waals surface area (Å²) >= 11 is 0. The van der Waals surface area contributed by atoms with Crippen LogP contribution < -0.4 is 5.32 Å². The summed E-state index contributed by atoms with van der Waals surface area (Å²) in [5.74, 6) is 0.774. The van der Waals surface area contributed by atoms with Gasteiger partial charge in [0.1, 0.15) is 0 Å². The van der Waals surface area contributed by atoms with Crippen LogP contribution in [0.5, 0.6) is 0 Å². The average molecular weight is 260 g/mol. The quantitative estimate of drug-likeness (QED) is 0.872. The van der Waals surface area contributed by atoms with Crippen LogP contribution in [0, 0.1) is 18.3 Å². The van der Waals surface area contributed by atoms with Gasteiger partial charge in [-0.2, -0.15) is 0 Å². The second-order valence-electron chi connectivity index (χ2n) is 6.68. The van der Waals surface area contributed by atoms with Crippen molar-refractivity contribution in [1.29, 1.82) is 0 Å². The third kappa shape index (κ3) is 3.56. The molecule has 1 saturated carbocycles. The first-order valence-corrected chi connectivity index (χ1v) is 7.68. The predicted molar refractivity (Wildman–Crippen MR) is 81.3 cm³/mol. The molecule has 1 aromatic rings. The van der Waals surface area contributed by atoms with Crippen LogP contribution in [0.2, 0.25) is 0 Å². The summed E-state index contributed by atoms with van der Waals surface area (Å²) < 4.78 is 0. The van der Waals surface area contributed by atoms with Crippen molar-refractivity contribution in [2.75, 3.05) is 6.54 Å². The van der Waals surface area contributed by atoms with E-state index >= 15 is 0 Å². The molecule has 2 atom stereocenters. The van der Waals surface area contributed by atoms with E-state index in [4.69, 9.17) is 0 Å². The summed E-state index contributed by atoms with van der Waals surface area (Å²) in [5, 5.41) is 3.70. The summed E-state index contributed by atoms with van der Waals surface area (Å²) in [5.41, 5.74) is 2.93. The minimum atomic E-state index is 0.470. The number of likely N-dealkylation sites (N-methyl/N-ethyl adjacent to an activating group) is 1. The third-order valence-corrected chi connectivity index (χ3v) is 4.69. The molecule has 106 valence electrons. The van der Waals surface area contributed by atoms with E-state index in [9.17, 15) is 0 Å². The number of rotatable bonds is 5. The molecule has 1 aliphatic carbocycles. The maximum atomic E-state index is 4.58. The molecule has 0 aromatic carbocycles. The molecule has 0 spiro atoms. The molecular weight excluding hydrogens is 232 g/mol. The zero-order valence-electron chi connectivity index (χ0n) is 12.9. The SMILES string of the molecule is CCNC(Cc1ccc(C)cn1)C1CCCC1(C)C. The second-order valence-corrected chi connectivity index (χ2v) is 6.68. The number of aryl methyl sites for hydroxylation is 1. The summed E-state index contributed by atoms with van der Waals surface area (Å²) in [4.78, 5) is 4.58. The molecule has 1 aromatic heterocycles. The maximum Gasteiger partial charge on any atom is 0.0419 e. The topological polar surface area (TPSA) is 24.9 Å². The van der Waals surface area contributed by atoms with Crippen molar-refractivity contribution in [1.82, 2.24) is 10.3 Å². The smallest absolute Gasteiger partial charge is 0.0419 e. The van der Waals surface area contributed by atoms with Gasteiger partial charge in [-0.25, -0.2) is 0 Å². The van der Waals surface area contributed by atoms with E-state index in [0.717, 1.165) is 18.9 Å². The van der Waals surface area contributed by atoms with Gasteiger partial charge in [-0.1, -0.05) is 33.3 Å². The van der Waals surface area contributed by atoms with Gasteiger partial charge in [0.05, 0.1) is 0 Å². The molecule has 2 unspecified atom stereocenters. The predicted octanol–water partition coefficient (Wildman–Crippen LogP) is 3.74. The second kappa shape index (κ2) is 6.04. The van der Waals surface area contributed by atoms with E-state index in [1.807, 2.05) is 6.20 Å². The average Bonchev–Trinajstić information content (AvgIpc) is 2.71. The third-order valence-electron chi connectivity index (χ3n) is 4.69. The summed E-state index contributed by atoms with van der Waals surface area (Å²) in [6.07, 6.45) is 7.14. The van der Waals surface area contributed by atoms with Crippen LogP contribution in [0.3, 0.4) is 0 Å². The summed E-state index contributed by atoms with van der Waals surface area (Å²) in [6, 6.07) is 4.92. The van der Waals surface area contributed by atoms with Crippen molar-refractivity contribution in [3.63, 3.8) is 0 Å². The van der Waals surface area contributed by atoms with Gasteiger partial charge in [-0.05, 0) is 49.3 Å². The number of aromatic nitrogens is 1. The van der Waals surface area contributed by atoms with Crippen LogP contribution in [0.25, 0.3) is 0 Å². The lowest BCUT2D eigenvalue weighted by Crippen LogP contribution is -2.42. The minimum absolute atomic E-state index is 0.470. The maximum absolute atomic E-state index is 4.58. The van der Waals surface area contributed by atoms with E-state index < -0.39 is 0 Å². The molecule has 1 N–H and O–H groups in total. The lowest BCUT2D eigenvalue weighted by atomic mass is 9.76. The van der Waals surface area contributed by atoms with Gasteiger partial charge in [0.2, 0.25) is 0 Å². The van der Waals surface area contributed by atoms with E-state index in [2.05, 4.69) is 50.1 Å². The van der Waals surface area contributed by atoms with Gasteiger partial charge >= 0.3 is 0 Å². The Hall–Kier alpha value is -0.890. The van der Waals surface area contributed by atoms with Crippen molar-refractivity contribution in [3.8, 4) is 0 Å². The fourth-order valence-electron chi connectivity index (χ4n) is 3.56. The molecule has 2 rings (SSSR count). The zero-order valence-corrected chi connectivity index (χ0v) is 12.9. The van der Waals surface area contributed by atoms with Crippen molar-refractivity contribution in [3.05, 3.63) is 29.6 Å². The standard InChI is InChI=1S/C17H28N2/c1-5-18-16(15-7-6-10-17(15,3)4)11-14-9-8-13(2)12-19-14/h8-9,12,15-16,18H,5-7,10-11H2,1-4H3. The lowest BCUT2D eigenvalue weighted by molar-refractivity contribution is 0.196. The molecule has 0 saturated heterocycles. The largest absolute Gasteiger partial charge is 0.314 e. The van der Waals surface area contributed by atoms with Crippen LogP contribution in [0.15, 0.2) is 18.3 Å². The molecule has 1 fully saturated rings.